The standard InChI is InChI=1S/C21H17N3O3S/c1-3-12-4-6-13(7-5-12)19-23-17(11-28-19)18(25)22-14-8-9-15-16(10-14)21(27)24(2)20(15)26/h4-11H,3H2,1-2H3,(H,22,25). The van der Waals surface area contributed by atoms with Gasteiger partial charge in [0.2, 0.25) is 0 Å². The molecule has 0 fully saturated rings. The highest BCUT2D eigenvalue weighted by Crippen LogP contribution is 2.27. The van der Waals surface area contributed by atoms with E-state index >= 15 is 0 Å². The number of amides is 3. The maximum atomic E-state index is 12.5. The molecule has 3 amide bonds. The quantitative estimate of drug-likeness (QED) is 0.685. The fourth-order valence-electron chi connectivity index (χ4n) is 3.03. The zero-order chi connectivity index (χ0) is 19.8. The number of nitrogens with zero attached hydrogens (tertiary/aromatic N) is 2. The van der Waals surface area contributed by atoms with E-state index in [0.29, 0.717) is 22.5 Å². The first-order valence-corrected chi connectivity index (χ1v) is 9.68. The van der Waals surface area contributed by atoms with Crippen molar-refractivity contribution in [2.75, 3.05) is 12.4 Å². The largest absolute Gasteiger partial charge is 0.321 e. The van der Waals surface area contributed by atoms with Gasteiger partial charge in [0.15, 0.2) is 0 Å². The van der Waals surface area contributed by atoms with E-state index in [4.69, 9.17) is 0 Å². The lowest BCUT2D eigenvalue weighted by atomic mass is 10.1. The van der Waals surface area contributed by atoms with Gasteiger partial charge in [-0.2, -0.15) is 0 Å². The molecule has 1 N–H and O–H groups in total. The third-order valence-corrected chi connectivity index (χ3v) is 5.58. The second kappa shape index (κ2) is 7.01. The lowest BCUT2D eigenvalue weighted by molar-refractivity contribution is 0.0692. The second-order valence-corrected chi connectivity index (χ2v) is 7.33. The van der Waals surface area contributed by atoms with Gasteiger partial charge in [0.25, 0.3) is 17.7 Å². The number of carbonyl (C=O) groups is 3. The fraction of sp³-hybridized carbons (Fsp3) is 0.143. The van der Waals surface area contributed by atoms with Gasteiger partial charge >= 0.3 is 0 Å². The highest BCUT2D eigenvalue weighted by molar-refractivity contribution is 7.13. The van der Waals surface area contributed by atoms with E-state index in [1.54, 1.807) is 17.5 Å². The Morgan fingerprint density at radius 2 is 1.79 bits per heavy atom. The van der Waals surface area contributed by atoms with Crippen LogP contribution < -0.4 is 5.32 Å². The summed E-state index contributed by atoms with van der Waals surface area (Å²) in [5.41, 5.74) is 3.60. The highest BCUT2D eigenvalue weighted by Gasteiger charge is 2.32. The van der Waals surface area contributed by atoms with Crippen molar-refractivity contribution in [3.05, 3.63) is 70.2 Å². The average molecular weight is 391 g/mol. The molecule has 0 spiro atoms. The first-order chi connectivity index (χ1) is 13.5. The molecule has 0 bridgehead atoms. The number of hydrogen-bond donors (Lipinski definition) is 1. The minimum atomic E-state index is -0.373. The molecule has 1 aliphatic rings. The van der Waals surface area contributed by atoms with Crippen LogP contribution in [0.5, 0.6) is 0 Å². The Morgan fingerprint density at radius 1 is 1.07 bits per heavy atom. The Hall–Kier alpha value is -3.32. The molecular weight excluding hydrogens is 374 g/mol. The first kappa shape index (κ1) is 18.1. The number of rotatable bonds is 4. The summed E-state index contributed by atoms with van der Waals surface area (Å²) in [4.78, 5) is 42.1. The Labute approximate surface area is 165 Å². The van der Waals surface area contributed by atoms with Crippen LogP contribution in [0.3, 0.4) is 0 Å². The Kier molecular flexibility index (Phi) is 4.52. The van der Waals surface area contributed by atoms with Crippen LogP contribution in [-0.2, 0) is 6.42 Å². The zero-order valence-corrected chi connectivity index (χ0v) is 16.2. The maximum absolute atomic E-state index is 12.5. The van der Waals surface area contributed by atoms with Crippen LogP contribution in [0.15, 0.2) is 47.8 Å². The van der Waals surface area contributed by atoms with Crippen molar-refractivity contribution in [3.63, 3.8) is 0 Å². The number of hydrogen-bond acceptors (Lipinski definition) is 5. The summed E-state index contributed by atoms with van der Waals surface area (Å²) in [7, 11) is 1.44. The SMILES string of the molecule is CCc1ccc(-c2nc(C(=O)Nc3ccc4c(c3)C(=O)N(C)C4=O)cs2)cc1. The molecule has 0 saturated carbocycles. The number of carbonyl (C=O) groups excluding carboxylic acids is 3. The topological polar surface area (TPSA) is 79.4 Å². The molecule has 4 rings (SSSR count). The molecule has 3 aromatic rings. The van der Waals surface area contributed by atoms with Crippen molar-refractivity contribution >= 4 is 34.7 Å². The average Bonchev–Trinajstić information content (AvgIpc) is 3.29. The molecule has 0 saturated heterocycles. The minimum Gasteiger partial charge on any atom is -0.321 e. The Morgan fingerprint density at radius 3 is 2.50 bits per heavy atom. The highest BCUT2D eigenvalue weighted by atomic mass is 32.1. The van der Waals surface area contributed by atoms with Gasteiger partial charge < -0.3 is 5.32 Å². The summed E-state index contributed by atoms with van der Waals surface area (Å²) in [5, 5.41) is 5.21. The number of nitrogens with one attached hydrogen (secondary N) is 1. The molecule has 2 heterocycles. The summed E-state index contributed by atoms with van der Waals surface area (Å²) in [6, 6.07) is 12.8. The van der Waals surface area contributed by atoms with Crippen molar-refractivity contribution < 1.29 is 14.4 Å². The molecule has 1 aliphatic heterocycles. The van der Waals surface area contributed by atoms with E-state index in [0.717, 1.165) is 21.9 Å². The number of imide groups is 1. The van der Waals surface area contributed by atoms with Gasteiger partial charge in [-0.1, -0.05) is 31.2 Å². The van der Waals surface area contributed by atoms with E-state index in [1.807, 2.05) is 12.1 Å². The van der Waals surface area contributed by atoms with Crippen LogP contribution in [0.1, 0.15) is 43.7 Å². The molecule has 28 heavy (non-hydrogen) atoms. The van der Waals surface area contributed by atoms with Crippen LogP contribution in [0, 0.1) is 0 Å². The minimum absolute atomic E-state index is 0.292. The van der Waals surface area contributed by atoms with Crippen LogP contribution in [-0.4, -0.2) is 34.7 Å². The van der Waals surface area contributed by atoms with Crippen LogP contribution in [0.4, 0.5) is 5.69 Å². The van der Waals surface area contributed by atoms with Gasteiger partial charge in [0, 0.05) is 23.7 Å². The van der Waals surface area contributed by atoms with Crippen molar-refractivity contribution in [1.29, 1.82) is 0 Å². The lowest BCUT2D eigenvalue weighted by Crippen LogP contribution is -2.24. The molecule has 7 heteroatoms. The van der Waals surface area contributed by atoms with Crippen LogP contribution in [0.25, 0.3) is 10.6 Å². The van der Waals surface area contributed by atoms with Gasteiger partial charge in [-0.15, -0.1) is 11.3 Å². The third kappa shape index (κ3) is 3.10. The monoisotopic (exact) mass is 391 g/mol. The van der Waals surface area contributed by atoms with E-state index in [1.165, 1.54) is 30.0 Å². The van der Waals surface area contributed by atoms with Gasteiger partial charge in [-0.25, -0.2) is 4.98 Å². The molecule has 0 unspecified atom stereocenters. The van der Waals surface area contributed by atoms with Gasteiger partial charge in [-0.05, 0) is 30.2 Å². The summed E-state index contributed by atoms with van der Waals surface area (Å²) in [6.45, 7) is 2.10. The molecular formula is C21H17N3O3S. The normalized spacial score (nSPS) is 13.0. The smallest absolute Gasteiger partial charge is 0.275 e. The van der Waals surface area contributed by atoms with Crippen molar-refractivity contribution in [1.82, 2.24) is 9.88 Å². The Bertz CT molecular complexity index is 1100. The predicted octanol–water partition coefficient (Wildman–Crippen LogP) is 3.85. The Balaban J connectivity index is 1.53. The number of aryl methyl sites for hydroxylation is 1. The molecule has 6 nitrogen and oxygen atoms in total. The number of fused-ring (bicyclic) bond motifs is 1. The van der Waals surface area contributed by atoms with Crippen molar-refractivity contribution in [3.8, 4) is 10.6 Å². The third-order valence-electron chi connectivity index (χ3n) is 4.69. The molecule has 140 valence electrons. The molecule has 2 aromatic carbocycles. The van der Waals surface area contributed by atoms with E-state index in [2.05, 4.69) is 29.4 Å². The molecule has 0 atom stereocenters. The van der Waals surface area contributed by atoms with Crippen LogP contribution >= 0.6 is 11.3 Å². The number of aromatic nitrogens is 1. The van der Waals surface area contributed by atoms with Gasteiger partial charge in [0.1, 0.15) is 10.7 Å². The number of benzene rings is 2. The first-order valence-electron chi connectivity index (χ1n) is 8.80. The number of thiazole rings is 1. The molecule has 0 aliphatic carbocycles. The second-order valence-electron chi connectivity index (χ2n) is 6.47. The lowest BCUT2D eigenvalue weighted by Gasteiger charge is -2.04. The number of anilines is 1. The molecule has 1 aromatic heterocycles. The summed E-state index contributed by atoms with van der Waals surface area (Å²) in [6.07, 6.45) is 0.969. The van der Waals surface area contributed by atoms with Gasteiger partial charge in [0.05, 0.1) is 11.1 Å². The predicted molar refractivity (Wildman–Crippen MR) is 108 cm³/mol. The maximum Gasteiger partial charge on any atom is 0.275 e. The van der Waals surface area contributed by atoms with Crippen molar-refractivity contribution in [2.45, 2.75) is 13.3 Å². The summed E-state index contributed by atoms with van der Waals surface area (Å²) >= 11 is 1.40. The van der Waals surface area contributed by atoms with E-state index in [9.17, 15) is 14.4 Å². The summed E-state index contributed by atoms with van der Waals surface area (Å²) in [5.74, 6) is -1.07. The van der Waals surface area contributed by atoms with E-state index < -0.39 is 0 Å². The fourth-order valence-corrected chi connectivity index (χ4v) is 3.83. The zero-order valence-electron chi connectivity index (χ0n) is 15.4. The van der Waals surface area contributed by atoms with E-state index in [-0.39, 0.29) is 17.7 Å². The van der Waals surface area contributed by atoms with Crippen molar-refractivity contribution in [2.24, 2.45) is 0 Å². The van der Waals surface area contributed by atoms with Gasteiger partial charge in [-0.3, -0.25) is 19.3 Å². The van der Waals surface area contributed by atoms with Crippen LogP contribution in [0.2, 0.25) is 0 Å². The summed E-state index contributed by atoms with van der Waals surface area (Å²) < 4.78 is 0. The molecule has 0 radical (unpaired) electrons.